The molecule has 0 bridgehead atoms. The van der Waals surface area contributed by atoms with E-state index in [0.29, 0.717) is 23.5 Å². The maximum atomic E-state index is 14.0. The second-order valence-corrected chi connectivity index (χ2v) is 4.39. The molecule has 4 heteroatoms. The topological polar surface area (TPSA) is 46.5 Å². The van der Waals surface area contributed by atoms with Gasteiger partial charge in [0.1, 0.15) is 11.6 Å². The molecule has 2 aromatic rings. The Morgan fingerprint density at radius 1 is 1.21 bits per heavy atom. The maximum Gasteiger partial charge on any atom is 0.335 e. The summed E-state index contributed by atoms with van der Waals surface area (Å²) in [6.07, 6.45) is 0.817. The van der Waals surface area contributed by atoms with E-state index >= 15 is 0 Å². The average Bonchev–Trinajstić information content (AvgIpc) is 2.86. The molecular formula is C15H11FO3. The Balaban J connectivity index is 2.13. The third-order valence-corrected chi connectivity index (χ3v) is 3.22. The van der Waals surface area contributed by atoms with Crippen LogP contribution in [0.25, 0.3) is 11.1 Å². The summed E-state index contributed by atoms with van der Waals surface area (Å²) in [5.74, 6) is -0.992. The Hall–Kier alpha value is -2.36. The number of fused-ring (bicyclic) bond motifs is 1. The molecule has 0 aliphatic carbocycles. The van der Waals surface area contributed by atoms with Gasteiger partial charge in [0.25, 0.3) is 0 Å². The molecule has 0 amide bonds. The molecule has 0 aromatic heterocycles. The van der Waals surface area contributed by atoms with Crippen molar-refractivity contribution in [2.24, 2.45) is 0 Å². The summed E-state index contributed by atoms with van der Waals surface area (Å²) in [6.45, 7) is 0.598. The Labute approximate surface area is 109 Å². The van der Waals surface area contributed by atoms with Gasteiger partial charge in [-0.05, 0) is 17.7 Å². The lowest BCUT2D eigenvalue weighted by molar-refractivity contribution is 0.0696. The zero-order valence-electron chi connectivity index (χ0n) is 10.0. The Kier molecular flexibility index (Phi) is 2.71. The van der Waals surface area contributed by atoms with E-state index in [4.69, 9.17) is 9.84 Å². The van der Waals surface area contributed by atoms with E-state index in [0.717, 1.165) is 18.1 Å². The van der Waals surface area contributed by atoms with Crippen molar-refractivity contribution >= 4 is 5.97 Å². The molecule has 1 aliphatic heterocycles. The van der Waals surface area contributed by atoms with Crippen molar-refractivity contribution in [1.29, 1.82) is 0 Å². The van der Waals surface area contributed by atoms with Crippen LogP contribution < -0.4 is 4.74 Å². The minimum Gasteiger partial charge on any atom is -0.492 e. The maximum absolute atomic E-state index is 14.0. The summed E-state index contributed by atoms with van der Waals surface area (Å²) < 4.78 is 19.6. The first kappa shape index (κ1) is 11.7. The molecule has 1 aliphatic rings. The average molecular weight is 258 g/mol. The molecule has 0 unspecified atom stereocenters. The fourth-order valence-corrected chi connectivity index (χ4v) is 2.29. The lowest BCUT2D eigenvalue weighted by Gasteiger charge is -2.09. The molecule has 3 nitrogen and oxygen atoms in total. The minimum atomic E-state index is -1.14. The van der Waals surface area contributed by atoms with Crippen molar-refractivity contribution in [3.05, 3.63) is 53.3 Å². The molecule has 0 fully saturated rings. The smallest absolute Gasteiger partial charge is 0.335 e. The van der Waals surface area contributed by atoms with Crippen LogP contribution in [0.1, 0.15) is 15.9 Å². The number of halogens is 1. The van der Waals surface area contributed by atoms with E-state index in [1.165, 1.54) is 12.1 Å². The number of para-hydroxylation sites is 1. The molecule has 0 radical (unpaired) electrons. The van der Waals surface area contributed by atoms with Crippen molar-refractivity contribution in [2.75, 3.05) is 6.61 Å². The molecule has 2 aromatic carbocycles. The highest BCUT2D eigenvalue weighted by molar-refractivity contribution is 5.88. The second kappa shape index (κ2) is 4.39. The highest BCUT2D eigenvalue weighted by Gasteiger charge is 2.19. The lowest BCUT2D eigenvalue weighted by Crippen LogP contribution is -1.98. The molecular weight excluding hydrogens is 247 g/mol. The SMILES string of the molecule is O=C(O)c1ccc(-c2cccc3c2OCC3)c(F)c1. The van der Waals surface area contributed by atoms with Crippen LogP contribution in [-0.4, -0.2) is 17.7 Å². The van der Waals surface area contributed by atoms with Crippen molar-refractivity contribution in [3.63, 3.8) is 0 Å². The van der Waals surface area contributed by atoms with Crippen LogP contribution in [0, 0.1) is 5.82 Å². The van der Waals surface area contributed by atoms with Crippen LogP contribution in [0.15, 0.2) is 36.4 Å². The fraction of sp³-hybridized carbons (Fsp3) is 0.133. The van der Waals surface area contributed by atoms with Gasteiger partial charge in [-0.3, -0.25) is 0 Å². The van der Waals surface area contributed by atoms with Gasteiger partial charge in [0.2, 0.25) is 0 Å². The number of benzene rings is 2. The van der Waals surface area contributed by atoms with Crippen LogP contribution in [0.3, 0.4) is 0 Å². The second-order valence-electron chi connectivity index (χ2n) is 4.39. The largest absolute Gasteiger partial charge is 0.492 e. The number of carboxylic acids is 1. The van der Waals surface area contributed by atoms with Gasteiger partial charge in [0, 0.05) is 17.5 Å². The first-order valence-corrected chi connectivity index (χ1v) is 5.95. The van der Waals surface area contributed by atoms with Gasteiger partial charge in [-0.15, -0.1) is 0 Å². The number of ether oxygens (including phenoxy) is 1. The summed E-state index contributed by atoms with van der Waals surface area (Å²) in [4.78, 5) is 10.8. The predicted molar refractivity (Wildman–Crippen MR) is 68.0 cm³/mol. The van der Waals surface area contributed by atoms with Gasteiger partial charge >= 0.3 is 5.97 Å². The third-order valence-electron chi connectivity index (χ3n) is 3.22. The first-order chi connectivity index (χ1) is 9.16. The molecule has 0 spiro atoms. The van der Waals surface area contributed by atoms with E-state index in [1.54, 1.807) is 6.07 Å². The lowest BCUT2D eigenvalue weighted by atomic mass is 9.99. The van der Waals surface area contributed by atoms with Gasteiger partial charge in [0.15, 0.2) is 0 Å². The number of hydrogen-bond donors (Lipinski definition) is 1. The fourth-order valence-electron chi connectivity index (χ4n) is 2.29. The van der Waals surface area contributed by atoms with E-state index in [-0.39, 0.29) is 5.56 Å². The van der Waals surface area contributed by atoms with Crippen LogP contribution in [0.5, 0.6) is 5.75 Å². The molecule has 19 heavy (non-hydrogen) atoms. The number of aromatic carboxylic acids is 1. The normalized spacial score (nSPS) is 12.9. The standard InChI is InChI=1S/C15H11FO3/c16-13-8-10(15(17)18)4-5-11(13)12-3-1-2-9-6-7-19-14(9)12/h1-5,8H,6-7H2,(H,17,18). The summed E-state index contributed by atoms with van der Waals surface area (Å²) in [5, 5.41) is 8.83. The van der Waals surface area contributed by atoms with Crippen LogP contribution in [-0.2, 0) is 6.42 Å². The van der Waals surface area contributed by atoms with Crippen molar-refractivity contribution in [2.45, 2.75) is 6.42 Å². The van der Waals surface area contributed by atoms with Crippen molar-refractivity contribution < 1.29 is 19.0 Å². The van der Waals surface area contributed by atoms with E-state index in [2.05, 4.69) is 0 Å². The third kappa shape index (κ3) is 1.95. The summed E-state index contributed by atoms with van der Waals surface area (Å²) in [5.41, 5.74) is 2.03. The van der Waals surface area contributed by atoms with Crippen molar-refractivity contribution in [1.82, 2.24) is 0 Å². The number of hydrogen-bond acceptors (Lipinski definition) is 2. The molecule has 1 N–H and O–H groups in total. The molecule has 0 saturated carbocycles. The molecule has 1 heterocycles. The highest BCUT2D eigenvalue weighted by Crippen LogP contribution is 2.37. The van der Waals surface area contributed by atoms with Crippen LogP contribution >= 0.6 is 0 Å². The molecule has 96 valence electrons. The van der Waals surface area contributed by atoms with Gasteiger partial charge in [-0.2, -0.15) is 0 Å². The quantitative estimate of drug-likeness (QED) is 0.900. The zero-order valence-corrected chi connectivity index (χ0v) is 10.0. The monoisotopic (exact) mass is 258 g/mol. The minimum absolute atomic E-state index is 0.0604. The van der Waals surface area contributed by atoms with Gasteiger partial charge in [0.05, 0.1) is 12.2 Å². The summed E-state index contributed by atoms with van der Waals surface area (Å²) in [7, 11) is 0. The van der Waals surface area contributed by atoms with Crippen LogP contribution in [0.2, 0.25) is 0 Å². The highest BCUT2D eigenvalue weighted by atomic mass is 19.1. The van der Waals surface area contributed by atoms with Gasteiger partial charge in [-0.1, -0.05) is 24.3 Å². The molecule has 3 rings (SSSR count). The number of carbonyl (C=O) groups is 1. The van der Waals surface area contributed by atoms with Gasteiger partial charge < -0.3 is 9.84 Å². The van der Waals surface area contributed by atoms with E-state index < -0.39 is 11.8 Å². The number of carboxylic acid groups (broad SMARTS) is 1. The summed E-state index contributed by atoms with van der Waals surface area (Å²) >= 11 is 0. The Morgan fingerprint density at radius 2 is 2.05 bits per heavy atom. The Bertz CT molecular complexity index is 664. The summed E-state index contributed by atoms with van der Waals surface area (Å²) in [6, 6.07) is 9.50. The van der Waals surface area contributed by atoms with E-state index in [9.17, 15) is 9.18 Å². The van der Waals surface area contributed by atoms with Crippen LogP contribution in [0.4, 0.5) is 4.39 Å². The van der Waals surface area contributed by atoms with E-state index in [1.807, 2.05) is 12.1 Å². The van der Waals surface area contributed by atoms with Gasteiger partial charge in [-0.25, -0.2) is 9.18 Å². The Morgan fingerprint density at radius 3 is 2.79 bits per heavy atom. The predicted octanol–water partition coefficient (Wildman–Crippen LogP) is 3.13. The van der Waals surface area contributed by atoms with Crippen molar-refractivity contribution in [3.8, 4) is 16.9 Å². The zero-order chi connectivity index (χ0) is 13.4. The first-order valence-electron chi connectivity index (χ1n) is 5.95. The molecule has 0 atom stereocenters. The molecule has 0 saturated heterocycles. The number of rotatable bonds is 2.